The first-order valence-electron chi connectivity index (χ1n) is 8.30. The largest absolute Gasteiger partial charge is 0.497 e. The summed E-state index contributed by atoms with van der Waals surface area (Å²) in [6, 6.07) is 13.2. The normalized spacial score (nSPS) is 10.8. The first kappa shape index (κ1) is 17.6. The number of methoxy groups -OCH3 is 1. The predicted molar refractivity (Wildman–Crippen MR) is 99.3 cm³/mol. The number of amides is 1. The molecule has 0 bridgehead atoms. The van der Waals surface area contributed by atoms with Crippen molar-refractivity contribution in [2.24, 2.45) is 0 Å². The molecule has 6 nitrogen and oxygen atoms in total. The molecule has 2 aromatic heterocycles. The van der Waals surface area contributed by atoms with Gasteiger partial charge >= 0.3 is 0 Å². The molecule has 0 atom stereocenters. The van der Waals surface area contributed by atoms with Crippen LogP contribution in [0, 0.1) is 11.6 Å². The van der Waals surface area contributed by atoms with Crippen molar-refractivity contribution in [2.45, 2.75) is 0 Å². The lowest BCUT2D eigenvalue weighted by Crippen LogP contribution is -2.12. The lowest BCUT2D eigenvalue weighted by molar-refractivity contribution is 0.102. The molecule has 0 saturated heterocycles. The van der Waals surface area contributed by atoms with Gasteiger partial charge in [-0.2, -0.15) is 0 Å². The van der Waals surface area contributed by atoms with Crippen molar-refractivity contribution >= 4 is 17.2 Å². The van der Waals surface area contributed by atoms with Gasteiger partial charge in [0.2, 0.25) is 0 Å². The van der Waals surface area contributed by atoms with Crippen molar-refractivity contribution in [3.05, 3.63) is 78.0 Å². The molecule has 4 rings (SSSR count). The molecule has 0 aliphatic rings. The smallest absolute Gasteiger partial charge is 0.255 e. The molecule has 2 aromatic carbocycles. The lowest BCUT2D eigenvalue weighted by Gasteiger charge is -2.07. The van der Waals surface area contributed by atoms with Crippen LogP contribution in [0.15, 0.2) is 60.8 Å². The number of nitrogens with one attached hydrogen (secondary N) is 1. The Morgan fingerprint density at radius 1 is 1.00 bits per heavy atom. The van der Waals surface area contributed by atoms with Crippen LogP contribution < -0.4 is 10.1 Å². The van der Waals surface area contributed by atoms with E-state index in [1.54, 1.807) is 54.1 Å². The van der Waals surface area contributed by atoms with Crippen LogP contribution in [-0.4, -0.2) is 27.6 Å². The Bertz CT molecular complexity index is 1150. The third-order valence-corrected chi connectivity index (χ3v) is 4.14. The van der Waals surface area contributed by atoms with Gasteiger partial charge in [0, 0.05) is 29.1 Å². The fraction of sp³-hybridized carbons (Fsp3) is 0.0500. The number of hydrogen-bond donors (Lipinski definition) is 1. The number of halogens is 2. The zero-order chi connectivity index (χ0) is 19.7. The van der Waals surface area contributed by atoms with Crippen molar-refractivity contribution in [2.75, 3.05) is 12.4 Å². The number of nitrogens with zero attached hydrogens (tertiary/aromatic N) is 3. The number of rotatable bonds is 4. The number of carbonyl (C=O) groups excluding carboxylic acids is 1. The van der Waals surface area contributed by atoms with Gasteiger partial charge in [-0.05, 0) is 48.5 Å². The molecule has 0 radical (unpaired) electrons. The zero-order valence-corrected chi connectivity index (χ0v) is 14.7. The summed E-state index contributed by atoms with van der Waals surface area (Å²) in [5.41, 5.74) is 1.61. The summed E-state index contributed by atoms with van der Waals surface area (Å²) in [5.74, 6) is -0.779. The molecule has 0 aliphatic carbocycles. The topological polar surface area (TPSA) is 68.5 Å². The van der Waals surface area contributed by atoms with Crippen molar-refractivity contribution in [3.8, 4) is 17.1 Å². The van der Waals surface area contributed by atoms with E-state index in [-0.39, 0.29) is 17.3 Å². The fourth-order valence-electron chi connectivity index (χ4n) is 2.79. The van der Waals surface area contributed by atoms with Gasteiger partial charge in [-0.25, -0.2) is 8.78 Å². The average molecular weight is 380 g/mol. The van der Waals surface area contributed by atoms with Crippen LogP contribution in [0.4, 0.5) is 14.5 Å². The van der Waals surface area contributed by atoms with Crippen LogP contribution in [0.3, 0.4) is 0 Å². The minimum absolute atomic E-state index is 0.250. The lowest BCUT2D eigenvalue weighted by atomic mass is 10.2. The van der Waals surface area contributed by atoms with Crippen molar-refractivity contribution in [1.82, 2.24) is 14.6 Å². The highest BCUT2D eigenvalue weighted by molar-refractivity contribution is 6.04. The minimum atomic E-state index is -0.706. The highest BCUT2D eigenvalue weighted by Gasteiger charge is 2.13. The summed E-state index contributed by atoms with van der Waals surface area (Å²) in [7, 11) is 1.56. The standard InChI is InChI=1S/C20H14F2N4O2/c1-28-17-4-2-16(3-5-17)23-20(27)12-6-7-26-18(10-12)24-25-19(26)13-8-14(21)11-15(22)9-13/h2-11H,1H3,(H,23,27). The van der Waals surface area contributed by atoms with E-state index >= 15 is 0 Å². The van der Waals surface area contributed by atoms with E-state index in [1.807, 2.05) is 0 Å². The summed E-state index contributed by atoms with van der Waals surface area (Å²) in [4.78, 5) is 12.5. The maximum Gasteiger partial charge on any atom is 0.255 e. The Labute approximate surface area is 158 Å². The summed E-state index contributed by atoms with van der Waals surface area (Å²) < 4.78 is 33.6. The number of anilines is 1. The molecule has 0 fully saturated rings. The van der Waals surface area contributed by atoms with E-state index in [4.69, 9.17) is 4.74 Å². The molecule has 140 valence electrons. The van der Waals surface area contributed by atoms with Crippen LogP contribution in [0.5, 0.6) is 5.75 Å². The van der Waals surface area contributed by atoms with E-state index in [1.165, 1.54) is 12.1 Å². The van der Waals surface area contributed by atoms with Gasteiger partial charge < -0.3 is 10.1 Å². The average Bonchev–Trinajstić information content (AvgIpc) is 3.11. The molecule has 2 heterocycles. The maximum absolute atomic E-state index is 13.5. The highest BCUT2D eigenvalue weighted by Crippen LogP contribution is 2.22. The number of fused-ring (bicyclic) bond motifs is 1. The van der Waals surface area contributed by atoms with Crippen molar-refractivity contribution in [3.63, 3.8) is 0 Å². The van der Waals surface area contributed by atoms with Gasteiger partial charge in [0.25, 0.3) is 5.91 Å². The molecule has 8 heteroatoms. The Balaban J connectivity index is 1.62. The summed E-state index contributed by atoms with van der Waals surface area (Å²) >= 11 is 0. The molecule has 1 amide bonds. The summed E-state index contributed by atoms with van der Waals surface area (Å²) in [6.07, 6.45) is 1.58. The number of pyridine rings is 1. The van der Waals surface area contributed by atoms with E-state index in [0.29, 0.717) is 22.6 Å². The molecule has 0 unspecified atom stereocenters. The highest BCUT2D eigenvalue weighted by atomic mass is 19.1. The second-order valence-electron chi connectivity index (χ2n) is 6.01. The first-order chi connectivity index (χ1) is 13.5. The van der Waals surface area contributed by atoms with Crippen LogP contribution in [0.2, 0.25) is 0 Å². The Morgan fingerprint density at radius 3 is 2.39 bits per heavy atom. The SMILES string of the molecule is COc1ccc(NC(=O)c2ccn3c(-c4cc(F)cc(F)c4)nnc3c2)cc1. The zero-order valence-electron chi connectivity index (χ0n) is 14.7. The number of aromatic nitrogens is 3. The number of ether oxygens (including phenoxy) is 1. The molecular formula is C20H14F2N4O2. The fourth-order valence-corrected chi connectivity index (χ4v) is 2.79. The molecule has 28 heavy (non-hydrogen) atoms. The molecule has 0 aliphatic heterocycles. The van der Waals surface area contributed by atoms with Gasteiger partial charge in [-0.3, -0.25) is 9.20 Å². The quantitative estimate of drug-likeness (QED) is 0.582. The minimum Gasteiger partial charge on any atom is -0.497 e. The van der Waals surface area contributed by atoms with Crippen LogP contribution in [-0.2, 0) is 0 Å². The predicted octanol–water partition coefficient (Wildman–Crippen LogP) is 3.94. The molecule has 4 aromatic rings. The summed E-state index contributed by atoms with van der Waals surface area (Å²) in [6.45, 7) is 0. The maximum atomic E-state index is 13.5. The van der Waals surface area contributed by atoms with Crippen LogP contribution >= 0.6 is 0 Å². The summed E-state index contributed by atoms with van der Waals surface area (Å²) in [5, 5.41) is 10.8. The van der Waals surface area contributed by atoms with E-state index in [9.17, 15) is 13.6 Å². The molecule has 0 spiro atoms. The molecular weight excluding hydrogens is 366 g/mol. The van der Waals surface area contributed by atoms with E-state index in [0.717, 1.165) is 6.07 Å². The number of hydrogen-bond acceptors (Lipinski definition) is 4. The van der Waals surface area contributed by atoms with Crippen molar-refractivity contribution < 1.29 is 18.3 Å². The monoisotopic (exact) mass is 380 g/mol. The van der Waals surface area contributed by atoms with Crippen LogP contribution in [0.25, 0.3) is 17.0 Å². The van der Waals surface area contributed by atoms with Crippen LogP contribution in [0.1, 0.15) is 10.4 Å². The third-order valence-electron chi connectivity index (χ3n) is 4.14. The number of carbonyl (C=O) groups is 1. The number of benzene rings is 2. The van der Waals surface area contributed by atoms with E-state index < -0.39 is 11.6 Å². The Kier molecular flexibility index (Phi) is 4.44. The molecule has 0 saturated carbocycles. The van der Waals surface area contributed by atoms with E-state index in [2.05, 4.69) is 15.5 Å². The van der Waals surface area contributed by atoms with Crippen molar-refractivity contribution in [1.29, 1.82) is 0 Å². The van der Waals surface area contributed by atoms with Gasteiger partial charge in [0.1, 0.15) is 17.4 Å². The van der Waals surface area contributed by atoms with Gasteiger partial charge in [-0.15, -0.1) is 10.2 Å². The van der Waals surface area contributed by atoms with Gasteiger partial charge in [0.05, 0.1) is 7.11 Å². The third kappa shape index (κ3) is 3.39. The van der Waals surface area contributed by atoms with Gasteiger partial charge in [0.15, 0.2) is 11.5 Å². The second-order valence-corrected chi connectivity index (χ2v) is 6.01. The first-order valence-corrected chi connectivity index (χ1v) is 8.30. The Hall–Kier alpha value is -3.81. The molecule has 1 N–H and O–H groups in total. The second kappa shape index (κ2) is 7.07. The Morgan fingerprint density at radius 2 is 1.71 bits per heavy atom. The van der Waals surface area contributed by atoms with Gasteiger partial charge in [-0.1, -0.05) is 0 Å².